The number of hydrogen-bond donors (Lipinski definition) is 2. The number of aliphatic carboxylic acids is 1. The Bertz CT molecular complexity index is 326. The molecule has 1 aromatic rings. The molecule has 0 aliphatic carbocycles. The number of carboxylic acid groups (broad SMARTS) is 1. The van der Waals surface area contributed by atoms with E-state index < -0.39 is 29.8 Å². The first-order chi connectivity index (χ1) is 6.00. The van der Waals surface area contributed by atoms with Gasteiger partial charge in [0, 0.05) is 0 Å². The highest BCUT2D eigenvalue weighted by Crippen LogP contribution is 2.21. The lowest BCUT2D eigenvalue weighted by Gasteiger charge is -2.00. The third kappa shape index (κ3) is 2.14. The zero-order chi connectivity index (χ0) is 10.0. The van der Waals surface area contributed by atoms with Crippen LogP contribution in [0.3, 0.4) is 0 Å². The van der Waals surface area contributed by atoms with Gasteiger partial charge >= 0.3 is 5.97 Å². The lowest BCUT2D eigenvalue weighted by molar-refractivity contribution is -0.136. The van der Waals surface area contributed by atoms with Crippen LogP contribution in [-0.4, -0.2) is 16.2 Å². The molecule has 0 spiro atoms. The van der Waals surface area contributed by atoms with Gasteiger partial charge in [-0.1, -0.05) is 0 Å². The van der Waals surface area contributed by atoms with E-state index in [2.05, 4.69) is 0 Å². The molecule has 1 rings (SSSR count). The topological polar surface area (TPSA) is 57.5 Å². The molecule has 5 heteroatoms. The Labute approximate surface area is 72.2 Å². The van der Waals surface area contributed by atoms with Crippen LogP contribution in [0, 0.1) is 11.6 Å². The van der Waals surface area contributed by atoms with E-state index in [4.69, 9.17) is 10.2 Å². The van der Waals surface area contributed by atoms with Crippen LogP contribution < -0.4 is 0 Å². The predicted molar refractivity (Wildman–Crippen MR) is 39.4 cm³/mol. The van der Waals surface area contributed by atoms with Crippen LogP contribution in [-0.2, 0) is 11.2 Å². The monoisotopic (exact) mass is 188 g/mol. The fourth-order valence-corrected chi connectivity index (χ4v) is 0.895. The summed E-state index contributed by atoms with van der Waals surface area (Å²) < 4.78 is 25.2. The van der Waals surface area contributed by atoms with Gasteiger partial charge in [-0.15, -0.1) is 0 Å². The van der Waals surface area contributed by atoms with E-state index in [-0.39, 0.29) is 5.56 Å². The molecule has 0 radical (unpaired) electrons. The minimum Gasteiger partial charge on any atom is -0.503 e. The van der Waals surface area contributed by atoms with Gasteiger partial charge in [0.2, 0.25) is 0 Å². The second-order valence-electron chi connectivity index (χ2n) is 2.48. The standard InChI is InChI=1S/C8H6F2O3/c9-5-1-4(3-7(11)12)2-6(10)8(5)13/h1-2,13H,3H2,(H,11,12). The summed E-state index contributed by atoms with van der Waals surface area (Å²) >= 11 is 0. The molecular weight excluding hydrogens is 182 g/mol. The van der Waals surface area contributed by atoms with Crippen LogP contribution in [0.25, 0.3) is 0 Å². The van der Waals surface area contributed by atoms with Gasteiger partial charge in [0.1, 0.15) is 0 Å². The molecular formula is C8H6F2O3. The van der Waals surface area contributed by atoms with Crippen LogP contribution in [0.5, 0.6) is 5.75 Å². The van der Waals surface area contributed by atoms with Crippen molar-refractivity contribution in [3.63, 3.8) is 0 Å². The summed E-state index contributed by atoms with van der Waals surface area (Å²) in [6.07, 6.45) is -0.478. The Morgan fingerprint density at radius 3 is 2.15 bits per heavy atom. The second kappa shape index (κ2) is 3.38. The van der Waals surface area contributed by atoms with E-state index in [0.717, 1.165) is 12.1 Å². The second-order valence-corrected chi connectivity index (χ2v) is 2.48. The van der Waals surface area contributed by atoms with Crippen molar-refractivity contribution in [2.75, 3.05) is 0 Å². The summed E-state index contributed by atoms with van der Waals surface area (Å²) in [7, 11) is 0. The lowest BCUT2D eigenvalue weighted by atomic mass is 10.1. The zero-order valence-corrected chi connectivity index (χ0v) is 6.42. The average Bonchev–Trinajstić information content (AvgIpc) is 1.98. The first-order valence-corrected chi connectivity index (χ1v) is 3.39. The van der Waals surface area contributed by atoms with Crippen molar-refractivity contribution in [2.45, 2.75) is 6.42 Å². The number of aromatic hydroxyl groups is 1. The molecule has 2 N–H and O–H groups in total. The summed E-state index contributed by atoms with van der Waals surface area (Å²) in [5.41, 5.74) is -0.0275. The minimum atomic E-state index is -1.19. The summed E-state index contributed by atoms with van der Waals surface area (Å²) in [5, 5.41) is 17.0. The Kier molecular flexibility index (Phi) is 2.46. The molecule has 70 valence electrons. The van der Waals surface area contributed by atoms with Gasteiger partial charge in [0.05, 0.1) is 6.42 Å². The lowest BCUT2D eigenvalue weighted by Crippen LogP contribution is -2.01. The van der Waals surface area contributed by atoms with Gasteiger partial charge in [0.15, 0.2) is 17.4 Å². The number of halogens is 2. The Morgan fingerprint density at radius 1 is 1.31 bits per heavy atom. The highest BCUT2D eigenvalue weighted by atomic mass is 19.1. The fraction of sp³-hybridized carbons (Fsp3) is 0.125. The number of phenols is 1. The Balaban J connectivity index is 3.06. The van der Waals surface area contributed by atoms with E-state index >= 15 is 0 Å². The molecule has 3 nitrogen and oxygen atoms in total. The number of benzene rings is 1. The summed E-state index contributed by atoms with van der Waals surface area (Å²) in [4.78, 5) is 10.2. The number of phenolic OH excluding ortho intramolecular Hbond substituents is 1. The van der Waals surface area contributed by atoms with E-state index in [1.54, 1.807) is 0 Å². The third-order valence-corrected chi connectivity index (χ3v) is 1.43. The highest BCUT2D eigenvalue weighted by molar-refractivity contribution is 5.70. The average molecular weight is 188 g/mol. The molecule has 0 saturated heterocycles. The summed E-state index contributed by atoms with van der Waals surface area (Å²) in [6.45, 7) is 0. The van der Waals surface area contributed by atoms with E-state index in [1.165, 1.54) is 0 Å². The van der Waals surface area contributed by atoms with Crippen molar-refractivity contribution in [2.24, 2.45) is 0 Å². The molecule has 1 aromatic carbocycles. The van der Waals surface area contributed by atoms with Gasteiger partial charge in [-0.2, -0.15) is 0 Å². The van der Waals surface area contributed by atoms with Crippen molar-refractivity contribution in [3.05, 3.63) is 29.3 Å². The molecule has 0 aliphatic heterocycles. The molecule has 0 aliphatic rings. The first-order valence-electron chi connectivity index (χ1n) is 3.39. The number of rotatable bonds is 2. The van der Waals surface area contributed by atoms with Crippen molar-refractivity contribution < 1.29 is 23.8 Å². The highest BCUT2D eigenvalue weighted by Gasteiger charge is 2.10. The third-order valence-electron chi connectivity index (χ3n) is 1.43. The van der Waals surface area contributed by atoms with Crippen molar-refractivity contribution in [3.8, 4) is 5.75 Å². The minimum absolute atomic E-state index is 0.0275. The van der Waals surface area contributed by atoms with E-state index in [1.807, 2.05) is 0 Å². The van der Waals surface area contributed by atoms with Crippen molar-refractivity contribution in [1.29, 1.82) is 0 Å². The summed E-state index contributed by atoms with van der Waals surface area (Å²) in [5.74, 6) is -4.59. The number of carbonyl (C=O) groups is 1. The first kappa shape index (κ1) is 9.44. The quantitative estimate of drug-likeness (QED) is 0.735. The molecule has 13 heavy (non-hydrogen) atoms. The molecule has 0 amide bonds. The van der Waals surface area contributed by atoms with Crippen LogP contribution in [0.15, 0.2) is 12.1 Å². The van der Waals surface area contributed by atoms with Crippen LogP contribution in [0.4, 0.5) is 8.78 Å². The SMILES string of the molecule is O=C(O)Cc1cc(F)c(O)c(F)c1. The fourth-order valence-electron chi connectivity index (χ4n) is 0.895. The largest absolute Gasteiger partial charge is 0.503 e. The van der Waals surface area contributed by atoms with Gasteiger partial charge in [-0.05, 0) is 17.7 Å². The van der Waals surface area contributed by atoms with Crippen molar-refractivity contribution >= 4 is 5.97 Å². The van der Waals surface area contributed by atoms with Gasteiger partial charge < -0.3 is 10.2 Å². The van der Waals surface area contributed by atoms with Gasteiger partial charge in [-0.25, -0.2) is 8.78 Å². The number of hydrogen-bond acceptors (Lipinski definition) is 2. The van der Waals surface area contributed by atoms with Crippen LogP contribution in [0.1, 0.15) is 5.56 Å². The van der Waals surface area contributed by atoms with Crippen LogP contribution in [0.2, 0.25) is 0 Å². The molecule has 0 heterocycles. The molecule has 0 saturated carbocycles. The molecule has 0 bridgehead atoms. The maximum absolute atomic E-state index is 12.6. The Morgan fingerprint density at radius 2 is 1.77 bits per heavy atom. The predicted octanol–water partition coefficient (Wildman–Crippen LogP) is 1.30. The van der Waals surface area contributed by atoms with E-state index in [9.17, 15) is 13.6 Å². The maximum atomic E-state index is 12.6. The smallest absolute Gasteiger partial charge is 0.307 e. The molecule has 0 atom stereocenters. The van der Waals surface area contributed by atoms with Gasteiger partial charge in [0.25, 0.3) is 0 Å². The maximum Gasteiger partial charge on any atom is 0.307 e. The molecule has 0 aromatic heterocycles. The molecule has 0 unspecified atom stereocenters. The van der Waals surface area contributed by atoms with Gasteiger partial charge in [-0.3, -0.25) is 4.79 Å². The van der Waals surface area contributed by atoms with E-state index in [0.29, 0.717) is 0 Å². The van der Waals surface area contributed by atoms with Crippen molar-refractivity contribution in [1.82, 2.24) is 0 Å². The Hall–Kier alpha value is -1.65. The number of carboxylic acids is 1. The van der Waals surface area contributed by atoms with Crippen LogP contribution >= 0.6 is 0 Å². The zero-order valence-electron chi connectivity index (χ0n) is 6.42. The summed E-state index contributed by atoms with van der Waals surface area (Å²) in [6, 6.07) is 1.57. The molecule has 0 fully saturated rings. The normalized spacial score (nSPS) is 10.0.